The van der Waals surface area contributed by atoms with Gasteiger partial charge in [0, 0.05) is 24.6 Å². The number of pyridine rings is 1. The summed E-state index contributed by atoms with van der Waals surface area (Å²) in [6, 6.07) is 8.34. The van der Waals surface area contributed by atoms with Crippen LogP contribution in [0.5, 0.6) is 0 Å². The molecule has 2 aromatic rings. The SMILES string of the molecule is CCOC(=O)c1cccc(NCc2cccnc2)c1C(=O)O. The minimum absolute atomic E-state index is 0.0329. The summed E-state index contributed by atoms with van der Waals surface area (Å²) >= 11 is 0. The topological polar surface area (TPSA) is 88.5 Å². The van der Waals surface area contributed by atoms with Crippen LogP contribution in [0.1, 0.15) is 33.2 Å². The lowest BCUT2D eigenvalue weighted by Gasteiger charge is -2.12. The standard InChI is InChI=1S/C16H16N2O4/c1-2-22-16(21)12-6-3-7-13(14(12)15(19)20)18-10-11-5-4-8-17-9-11/h3-9,18H,2,10H2,1H3,(H,19,20). The highest BCUT2D eigenvalue weighted by atomic mass is 16.5. The number of carboxylic acid groups (broad SMARTS) is 1. The monoisotopic (exact) mass is 300 g/mol. The van der Waals surface area contributed by atoms with Crippen LogP contribution in [-0.4, -0.2) is 28.6 Å². The first-order valence-electron chi connectivity index (χ1n) is 6.79. The fourth-order valence-corrected chi connectivity index (χ4v) is 2.01. The van der Waals surface area contributed by atoms with Crippen molar-refractivity contribution < 1.29 is 19.4 Å². The molecule has 0 spiro atoms. The van der Waals surface area contributed by atoms with Crippen LogP contribution in [0, 0.1) is 0 Å². The number of carbonyl (C=O) groups is 2. The van der Waals surface area contributed by atoms with Crippen molar-refractivity contribution in [2.24, 2.45) is 0 Å². The third-order valence-corrected chi connectivity index (χ3v) is 2.98. The zero-order chi connectivity index (χ0) is 15.9. The third kappa shape index (κ3) is 3.60. The number of anilines is 1. The Labute approximate surface area is 127 Å². The molecular formula is C16H16N2O4. The molecule has 2 N–H and O–H groups in total. The molecule has 0 unspecified atom stereocenters. The van der Waals surface area contributed by atoms with Crippen molar-refractivity contribution in [3.05, 3.63) is 59.4 Å². The molecule has 6 heteroatoms. The molecule has 1 aromatic heterocycles. The van der Waals surface area contributed by atoms with Crippen LogP contribution in [0.3, 0.4) is 0 Å². The van der Waals surface area contributed by atoms with Gasteiger partial charge in [-0.15, -0.1) is 0 Å². The van der Waals surface area contributed by atoms with E-state index in [2.05, 4.69) is 10.3 Å². The number of aromatic nitrogens is 1. The van der Waals surface area contributed by atoms with Gasteiger partial charge in [-0.05, 0) is 30.7 Å². The number of esters is 1. The molecule has 0 aliphatic heterocycles. The van der Waals surface area contributed by atoms with Gasteiger partial charge in [0.2, 0.25) is 0 Å². The number of benzene rings is 1. The van der Waals surface area contributed by atoms with Gasteiger partial charge in [-0.25, -0.2) is 9.59 Å². The van der Waals surface area contributed by atoms with Gasteiger partial charge < -0.3 is 15.2 Å². The van der Waals surface area contributed by atoms with Crippen LogP contribution < -0.4 is 5.32 Å². The molecule has 0 atom stereocenters. The van der Waals surface area contributed by atoms with Crippen molar-refractivity contribution in [1.82, 2.24) is 4.98 Å². The van der Waals surface area contributed by atoms with Gasteiger partial charge >= 0.3 is 11.9 Å². The minimum atomic E-state index is -1.18. The zero-order valence-corrected chi connectivity index (χ0v) is 12.1. The number of nitrogens with zero attached hydrogens (tertiary/aromatic N) is 1. The summed E-state index contributed by atoms with van der Waals surface area (Å²) in [5.74, 6) is -1.83. The smallest absolute Gasteiger partial charge is 0.339 e. The molecule has 0 radical (unpaired) electrons. The van der Waals surface area contributed by atoms with Crippen molar-refractivity contribution in [2.45, 2.75) is 13.5 Å². The average molecular weight is 300 g/mol. The first kappa shape index (κ1) is 15.5. The molecule has 2 rings (SSSR count). The maximum atomic E-state index is 11.9. The highest BCUT2D eigenvalue weighted by molar-refractivity contribution is 6.06. The van der Waals surface area contributed by atoms with Gasteiger partial charge in [-0.2, -0.15) is 0 Å². The number of carbonyl (C=O) groups excluding carboxylic acids is 1. The van der Waals surface area contributed by atoms with E-state index in [-0.39, 0.29) is 17.7 Å². The Hall–Kier alpha value is -2.89. The highest BCUT2D eigenvalue weighted by Gasteiger charge is 2.21. The summed E-state index contributed by atoms with van der Waals surface area (Å²) in [6.07, 6.45) is 3.34. The molecule has 114 valence electrons. The number of hydrogen-bond donors (Lipinski definition) is 2. The second kappa shape index (κ2) is 7.21. The Morgan fingerprint density at radius 2 is 2.09 bits per heavy atom. The molecule has 1 aromatic carbocycles. The van der Waals surface area contributed by atoms with Crippen molar-refractivity contribution in [2.75, 3.05) is 11.9 Å². The molecule has 0 bridgehead atoms. The lowest BCUT2D eigenvalue weighted by Crippen LogP contribution is -2.14. The maximum Gasteiger partial charge on any atom is 0.339 e. The fraction of sp³-hybridized carbons (Fsp3) is 0.188. The first-order valence-corrected chi connectivity index (χ1v) is 6.79. The lowest BCUT2D eigenvalue weighted by atomic mass is 10.0. The molecule has 22 heavy (non-hydrogen) atoms. The summed E-state index contributed by atoms with van der Waals surface area (Å²) in [4.78, 5) is 27.4. The third-order valence-electron chi connectivity index (χ3n) is 2.98. The van der Waals surface area contributed by atoms with E-state index < -0.39 is 11.9 Å². The summed E-state index contributed by atoms with van der Waals surface area (Å²) in [7, 11) is 0. The van der Waals surface area contributed by atoms with Crippen LogP contribution in [0.25, 0.3) is 0 Å². The van der Waals surface area contributed by atoms with Crippen molar-refractivity contribution >= 4 is 17.6 Å². The number of hydrogen-bond acceptors (Lipinski definition) is 5. The number of ether oxygens (including phenoxy) is 1. The quantitative estimate of drug-likeness (QED) is 0.797. The van der Waals surface area contributed by atoms with E-state index in [4.69, 9.17) is 4.74 Å². The van der Waals surface area contributed by atoms with Crippen LogP contribution in [-0.2, 0) is 11.3 Å². The van der Waals surface area contributed by atoms with Gasteiger partial charge in [0.15, 0.2) is 0 Å². The lowest BCUT2D eigenvalue weighted by molar-refractivity contribution is 0.0515. The van der Waals surface area contributed by atoms with E-state index in [0.717, 1.165) is 5.56 Å². The molecule has 6 nitrogen and oxygen atoms in total. The molecule has 0 fully saturated rings. The predicted octanol–water partition coefficient (Wildman–Crippen LogP) is 2.57. The summed E-state index contributed by atoms with van der Waals surface area (Å²) in [5.41, 5.74) is 1.21. The van der Waals surface area contributed by atoms with Crippen molar-refractivity contribution in [3.8, 4) is 0 Å². The minimum Gasteiger partial charge on any atom is -0.478 e. The molecule has 0 saturated carbocycles. The Kier molecular flexibility index (Phi) is 5.08. The van der Waals surface area contributed by atoms with E-state index in [0.29, 0.717) is 12.2 Å². The van der Waals surface area contributed by atoms with Gasteiger partial charge in [-0.3, -0.25) is 4.98 Å². The zero-order valence-electron chi connectivity index (χ0n) is 12.1. The summed E-state index contributed by atoms with van der Waals surface area (Å²) in [6.45, 7) is 2.26. The van der Waals surface area contributed by atoms with Crippen molar-refractivity contribution in [1.29, 1.82) is 0 Å². The van der Waals surface area contributed by atoms with Gasteiger partial charge in [0.25, 0.3) is 0 Å². The Bertz CT molecular complexity index is 671. The highest BCUT2D eigenvalue weighted by Crippen LogP contribution is 2.22. The average Bonchev–Trinajstić information content (AvgIpc) is 2.53. The molecule has 0 saturated heterocycles. The van der Waals surface area contributed by atoms with E-state index in [1.54, 1.807) is 37.5 Å². The van der Waals surface area contributed by atoms with Crippen LogP contribution in [0.2, 0.25) is 0 Å². The first-order chi connectivity index (χ1) is 10.6. The molecule has 0 aliphatic carbocycles. The van der Waals surface area contributed by atoms with Gasteiger partial charge in [0.05, 0.1) is 17.7 Å². The summed E-state index contributed by atoms with van der Waals surface area (Å²) < 4.78 is 4.90. The second-order valence-corrected chi connectivity index (χ2v) is 4.47. The second-order valence-electron chi connectivity index (χ2n) is 4.47. The van der Waals surface area contributed by atoms with E-state index in [9.17, 15) is 14.7 Å². The number of aromatic carboxylic acids is 1. The van der Waals surface area contributed by atoms with Crippen molar-refractivity contribution in [3.63, 3.8) is 0 Å². The van der Waals surface area contributed by atoms with Gasteiger partial charge in [0.1, 0.15) is 0 Å². The van der Waals surface area contributed by atoms with E-state index >= 15 is 0 Å². The number of nitrogens with one attached hydrogen (secondary N) is 1. The predicted molar refractivity (Wildman–Crippen MR) is 80.9 cm³/mol. The van der Waals surface area contributed by atoms with Crippen LogP contribution in [0.4, 0.5) is 5.69 Å². The van der Waals surface area contributed by atoms with Gasteiger partial charge in [-0.1, -0.05) is 12.1 Å². The Morgan fingerprint density at radius 1 is 1.27 bits per heavy atom. The van der Waals surface area contributed by atoms with Crippen LogP contribution >= 0.6 is 0 Å². The largest absolute Gasteiger partial charge is 0.478 e. The van der Waals surface area contributed by atoms with E-state index in [1.807, 2.05) is 6.07 Å². The number of carboxylic acids is 1. The Morgan fingerprint density at radius 3 is 2.73 bits per heavy atom. The molecule has 0 amide bonds. The maximum absolute atomic E-state index is 11.9. The van der Waals surface area contributed by atoms with Crippen LogP contribution in [0.15, 0.2) is 42.7 Å². The summed E-state index contributed by atoms with van der Waals surface area (Å²) in [5, 5.41) is 12.4. The van der Waals surface area contributed by atoms with E-state index in [1.165, 1.54) is 6.07 Å². The number of rotatable bonds is 6. The normalized spacial score (nSPS) is 10.0. The Balaban J connectivity index is 2.29. The molecular weight excluding hydrogens is 284 g/mol. The fourth-order valence-electron chi connectivity index (χ4n) is 2.01. The molecule has 1 heterocycles. The molecule has 0 aliphatic rings.